The molecular formula is C18H27N5OS. The van der Waals surface area contributed by atoms with Gasteiger partial charge in [-0.05, 0) is 53.6 Å². The van der Waals surface area contributed by atoms with E-state index in [1.807, 2.05) is 25.4 Å². The number of likely N-dealkylation sites (tertiary alicyclic amines) is 1. The van der Waals surface area contributed by atoms with E-state index in [-0.39, 0.29) is 11.9 Å². The highest BCUT2D eigenvalue weighted by molar-refractivity contribution is 7.13. The summed E-state index contributed by atoms with van der Waals surface area (Å²) in [5.41, 5.74) is 0.939. The van der Waals surface area contributed by atoms with Crippen molar-refractivity contribution in [1.82, 2.24) is 19.4 Å². The average molecular weight is 362 g/mol. The summed E-state index contributed by atoms with van der Waals surface area (Å²) in [6.45, 7) is 10.1. The smallest absolute Gasteiger partial charge is 0.243 e. The second-order valence-electron chi connectivity index (χ2n) is 7.06. The number of nitrogens with zero attached hydrogens (tertiary/aromatic N) is 4. The highest BCUT2D eigenvalue weighted by Gasteiger charge is 2.29. The van der Waals surface area contributed by atoms with Crippen LogP contribution in [0.2, 0.25) is 0 Å². The molecule has 3 heterocycles. The summed E-state index contributed by atoms with van der Waals surface area (Å²) in [6, 6.07) is 0.289. The maximum absolute atomic E-state index is 12.5. The first-order valence-electron chi connectivity index (χ1n) is 8.95. The zero-order valence-corrected chi connectivity index (χ0v) is 16.2. The van der Waals surface area contributed by atoms with Crippen molar-refractivity contribution in [3.63, 3.8) is 0 Å². The zero-order chi connectivity index (χ0) is 18.0. The third-order valence-electron chi connectivity index (χ3n) is 4.93. The highest BCUT2D eigenvalue weighted by atomic mass is 32.1. The predicted octanol–water partition coefficient (Wildman–Crippen LogP) is 3.44. The molecule has 136 valence electrons. The Balaban J connectivity index is 1.56. The number of hydrogen-bond donors (Lipinski definition) is 1. The molecule has 0 unspecified atom stereocenters. The van der Waals surface area contributed by atoms with Gasteiger partial charge in [0.15, 0.2) is 5.13 Å². The first kappa shape index (κ1) is 18.1. The van der Waals surface area contributed by atoms with Gasteiger partial charge in [0.2, 0.25) is 5.91 Å². The van der Waals surface area contributed by atoms with Gasteiger partial charge < -0.3 is 9.88 Å². The molecule has 3 rings (SSSR count). The molecule has 0 spiro atoms. The number of rotatable bonds is 5. The van der Waals surface area contributed by atoms with E-state index in [1.54, 1.807) is 0 Å². The minimum Gasteiger partial charge on any atom is -0.332 e. The predicted molar refractivity (Wildman–Crippen MR) is 101 cm³/mol. The van der Waals surface area contributed by atoms with Gasteiger partial charge in [-0.2, -0.15) is 0 Å². The van der Waals surface area contributed by atoms with Crippen molar-refractivity contribution in [3.05, 3.63) is 29.3 Å². The van der Waals surface area contributed by atoms with Crippen LogP contribution in [-0.4, -0.2) is 44.5 Å². The number of anilines is 1. The van der Waals surface area contributed by atoms with Gasteiger partial charge in [-0.15, -0.1) is 11.3 Å². The van der Waals surface area contributed by atoms with Crippen molar-refractivity contribution >= 4 is 22.4 Å². The van der Waals surface area contributed by atoms with Crippen molar-refractivity contribution in [2.45, 2.75) is 58.5 Å². The molecule has 2 aromatic heterocycles. The molecule has 0 saturated carbocycles. The standard InChI is InChI=1S/C18H27N5OS/c1-12(2)23-10-7-19-16(23)15-5-8-22(9-6-15)14(4)17(24)21-18-20-13(3)11-25-18/h7,10-12,14-15H,5-6,8-9H2,1-4H3,(H,20,21,24)/t14-/m0/s1. The lowest BCUT2D eigenvalue weighted by molar-refractivity contribution is -0.121. The normalized spacial score (nSPS) is 17.8. The van der Waals surface area contributed by atoms with Crippen LogP contribution in [0.5, 0.6) is 0 Å². The monoisotopic (exact) mass is 361 g/mol. The first-order valence-corrected chi connectivity index (χ1v) is 9.83. The fourth-order valence-electron chi connectivity index (χ4n) is 3.41. The van der Waals surface area contributed by atoms with Gasteiger partial charge >= 0.3 is 0 Å². The van der Waals surface area contributed by atoms with E-state index in [2.05, 4.69) is 44.8 Å². The first-order chi connectivity index (χ1) is 12.0. The molecule has 0 bridgehead atoms. The third-order valence-corrected chi connectivity index (χ3v) is 5.80. The Morgan fingerprint density at radius 2 is 2.04 bits per heavy atom. The van der Waals surface area contributed by atoms with E-state index in [0.717, 1.165) is 31.6 Å². The van der Waals surface area contributed by atoms with E-state index in [4.69, 9.17) is 0 Å². The Labute approximate surface area is 153 Å². The van der Waals surface area contributed by atoms with Crippen molar-refractivity contribution in [2.24, 2.45) is 0 Å². The van der Waals surface area contributed by atoms with E-state index >= 15 is 0 Å². The number of thiazole rings is 1. The molecule has 1 atom stereocenters. The van der Waals surface area contributed by atoms with Gasteiger partial charge in [-0.3, -0.25) is 9.69 Å². The minimum atomic E-state index is -0.144. The van der Waals surface area contributed by atoms with Gasteiger partial charge in [0, 0.05) is 29.7 Å². The van der Waals surface area contributed by atoms with Gasteiger partial charge in [-0.1, -0.05) is 0 Å². The second-order valence-corrected chi connectivity index (χ2v) is 7.91. The van der Waals surface area contributed by atoms with E-state index in [9.17, 15) is 4.79 Å². The molecule has 1 saturated heterocycles. The summed E-state index contributed by atoms with van der Waals surface area (Å²) in [4.78, 5) is 23.6. The number of nitrogens with one attached hydrogen (secondary N) is 1. The summed E-state index contributed by atoms with van der Waals surface area (Å²) >= 11 is 1.47. The summed E-state index contributed by atoms with van der Waals surface area (Å²) in [5, 5.41) is 5.56. The number of amides is 1. The number of piperidine rings is 1. The van der Waals surface area contributed by atoms with Crippen LogP contribution in [0.3, 0.4) is 0 Å². The second kappa shape index (κ2) is 7.66. The summed E-state index contributed by atoms with van der Waals surface area (Å²) < 4.78 is 2.27. The lowest BCUT2D eigenvalue weighted by Gasteiger charge is -2.35. The van der Waals surface area contributed by atoms with Crippen LogP contribution in [0.4, 0.5) is 5.13 Å². The Morgan fingerprint density at radius 3 is 2.64 bits per heavy atom. The fraction of sp³-hybridized carbons (Fsp3) is 0.611. The molecule has 1 amide bonds. The molecule has 1 aliphatic heterocycles. The number of aryl methyl sites for hydroxylation is 1. The van der Waals surface area contributed by atoms with Crippen LogP contribution in [-0.2, 0) is 4.79 Å². The van der Waals surface area contributed by atoms with E-state index < -0.39 is 0 Å². The Hall–Kier alpha value is -1.73. The van der Waals surface area contributed by atoms with Gasteiger partial charge in [0.1, 0.15) is 5.82 Å². The molecule has 6 nitrogen and oxygen atoms in total. The third kappa shape index (κ3) is 4.10. The van der Waals surface area contributed by atoms with Crippen LogP contribution in [0, 0.1) is 6.92 Å². The largest absolute Gasteiger partial charge is 0.332 e. The minimum absolute atomic E-state index is 0.0245. The van der Waals surface area contributed by atoms with Crippen molar-refractivity contribution < 1.29 is 4.79 Å². The molecule has 0 aliphatic carbocycles. The zero-order valence-electron chi connectivity index (χ0n) is 15.4. The lowest BCUT2D eigenvalue weighted by atomic mass is 9.94. The maximum Gasteiger partial charge on any atom is 0.243 e. The Morgan fingerprint density at radius 1 is 1.32 bits per heavy atom. The Kier molecular flexibility index (Phi) is 5.54. The van der Waals surface area contributed by atoms with Crippen LogP contribution in [0.25, 0.3) is 0 Å². The number of carbonyl (C=O) groups is 1. The van der Waals surface area contributed by atoms with E-state index in [0.29, 0.717) is 17.1 Å². The SMILES string of the molecule is Cc1csc(NC(=O)[C@H](C)N2CCC(c3nccn3C(C)C)CC2)n1. The van der Waals surface area contributed by atoms with E-state index in [1.165, 1.54) is 17.2 Å². The molecular weight excluding hydrogens is 334 g/mol. The van der Waals surface area contributed by atoms with Gasteiger partial charge in [-0.25, -0.2) is 9.97 Å². The summed E-state index contributed by atoms with van der Waals surface area (Å²) in [7, 11) is 0. The fourth-order valence-corrected chi connectivity index (χ4v) is 4.10. The molecule has 0 radical (unpaired) electrons. The van der Waals surface area contributed by atoms with Crippen molar-refractivity contribution in [1.29, 1.82) is 0 Å². The Bertz CT molecular complexity index is 715. The molecule has 2 aromatic rings. The van der Waals surface area contributed by atoms with Crippen molar-refractivity contribution in [2.75, 3.05) is 18.4 Å². The summed E-state index contributed by atoms with van der Waals surface area (Å²) in [6.07, 6.45) is 6.04. The van der Waals surface area contributed by atoms with Crippen LogP contribution in [0.1, 0.15) is 57.1 Å². The lowest BCUT2D eigenvalue weighted by Crippen LogP contribution is -2.46. The molecule has 1 aliphatic rings. The number of aromatic nitrogens is 3. The van der Waals surface area contributed by atoms with Gasteiger partial charge in [0.25, 0.3) is 0 Å². The molecule has 7 heteroatoms. The molecule has 0 aromatic carbocycles. The topological polar surface area (TPSA) is 63.1 Å². The highest BCUT2D eigenvalue weighted by Crippen LogP contribution is 2.29. The molecule has 25 heavy (non-hydrogen) atoms. The van der Waals surface area contributed by atoms with Crippen LogP contribution >= 0.6 is 11.3 Å². The number of imidazole rings is 1. The quantitative estimate of drug-likeness (QED) is 0.886. The number of carbonyl (C=O) groups excluding carboxylic acids is 1. The van der Waals surface area contributed by atoms with Crippen molar-refractivity contribution in [3.8, 4) is 0 Å². The molecule has 1 fully saturated rings. The summed E-state index contributed by atoms with van der Waals surface area (Å²) in [5.74, 6) is 1.69. The van der Waals surface area contributed by atoms with Crippen LogP contribution in [0.15, 0.2) is 17.8 Å². The average Bonchev–Trinajstić information content (AvgIpc) is 3.23. The molecule has 1 N–H and O–H groups in total. The van der Waals surface area contributed by atoms with Gasteiger partial charge in [0.05, 0.1) is 11.7 Å². The number of hydrogen-bond acceptors (Lipinski definition) is 5. The van der Waals surface area contributed by atoms with Crippen LogP contribution < -0.4 is 5.32 Å². The maximum atomic E-state index is 12.5.